The maximum Gasteiger partial charge on any atom is 0.342 e. The van der Waals surface area contributed by atoms with Crippen LogP contribution in [0.25, 0.3) is 0 Å². The molecular formula is C16H14Cl2O3. The number of ether oxygens (including phenoxy) is 2. The van der Waals surface area contributed by atoms with Crippen LogP contribution < -0.4 is 4.74 Å². The smallest absolute Gasteiger partial charge is 0.342 e. The molecule has 0 N–H and O–H groups in total. The number of para-hydroxylation sites is 1. The lowest BCUT2D eigenvalue weighted by atomic mass is 10.2. The van der Waals surface area contributed by atoms with Gasteiger partial charge < -0.3 is 9.47 Å². The summed E-state index contributed by atoms with van der Waals surface area (Å²) in [6.45, 7) is 2.34. The monoisotopic (exact) mass is 324 g/mol. The molecule has 0 saturated carbocycles. The number of esters is 1. The third kappa shape index (κ3) is 3.90. The van der Waals surface area contributed by atoms with Crippen molar-refractivity contribution in [1.82, 2.24) is 0 Å². The summed E-state index contributed by atoms with van der Waals surface area (Å²) in [5, 5.41) is 0.932. The fourth-order valence-electron chi connectivity index (χ4n) is 1.80. The molecule has 110 valence electrons. The second-order valence-electron chi connectivity index (χ2n) is 4.21. The molecule has 3 nitrogen and oxygen atoms in total. The van der Waals surface area contributed by atoms with Crippen LogP contribution >= 0.6 is 23.2 Å². The van der Waals surface area contributed by atoms with Gasteiger partial charge in [0.05, 0.1) is 6.61 Å². The van der Waals surface area contributed by atoms with Gasteiger partial charge in [0.15, 0.2) is 0 Å². The largest absolute Gasteiger partial charge is 0.493 e. The van der Waals surface area contributed by atoms with Crippen LogP contribution in [-0.2, 0) is 11.3 Å². The first-order valence-electron chi connectivity index (χ1n) is 6.45. The summed E-state index contributed by atoms with van der Waals surface area (Å²) in [7, 11) is 0. The molecule has 21 heavy (non-hydrogen) atoms. The zero-order chi connectivity index (χ0) is 15.2. The second kappa shape index (κ2) is 7.34. The molecule has 0 unspecified atom stereocenters. The van der Waals surface area contributed by atoms with E-state index in [2.05, 4.69) is 0 Å². The fourth-order valence-corrected chi connectivity index (χ4v) is 2.31. The Hall–Kier alpha value is -1.71. The van der Waals surface area contributed by atoms with Crippen molar-refractivity contribution in [3.8, 4) is 5.75 Å². The standard InChI is InChI=1S/C16H14Cl2O3/c1-2-20-15-9-4-3-6-11(15)16(19)21-10-12-13(17)7-5-8-14(12)18/h3-9H,2,10H2,1H3. The number of hydrogen-bond donors (Lipinski definition) is 0. The van der Waals surface area contributed by atoms with E-state index in [0.29, 0.717) is 33.5 Å². The van der Waals surface area contributed by atoms with E-state index < -0.39 is 5.97 Å². The molecule has 0 saturated heterocycles. The van der Waals surface area contributed by atoms with E-state index in [0.717, 1.165) is 0 Å². The van der Waals surface area contributed by atoms with Gasteiger partial charge in [0, 0.05) is 15.6 Å². The summed E-state index contributed by atoms with van der Waals surface area (Å²) in [4.78, 5) is 12.1. The van der Waals surface area contributed by atoms with Crippen LogP contribution in [-0.4, -0.2) is 12.6 Å². The Balaban J connectivity index is 2.12. The molecule has 0 heterocycles. The van der Waals surface area contributed by atoms with Crippen molar-refractivity contribution in [2.75, 3.05) is 6.61 Å². The summed E-state index contributed by atoms with van der Waals surface area (Å²) in [6.07, 6.45) is 0. The summed E-state index contributed by atoms with van der Waals surface area (Å²) < 4.78 is 10.7. The molecule has 0 radical (unpaired) electrons. The molecule has 0 aliphatic carbocycles. The van der Waals surface area contributed by atoms with Gasteiger partial charge in [-0.05, 0) is 31.2 Å². The topological polar surface area (TPSA) is 35.5 Å². The molecule has 0 aliphatic heterocycles. The molecule has 2 rings (SSSR count). The Kier molecular flexibility index (Phi) is 5.48. The minimum Gasteiger partial charge on any atom is -0.493 e. The highest BCUT2D eigenvalue weighted by molar-refractivity contribution is 6.35. The van der Waals surface area contributed by atoms with Crippen LogP contribution in [0.3, 0.4) is 0 Å². The molecule has 0 atom stereocenters. The molecule has 2 aromatic rings. The van der Waals surface area contributed by atoms with E-state index in [9.17, 15) is 4.79 Å². The van der Waals surface area contributed by atoms with Crippen molar-refractivity contribution < 1.29 is 14.3 Å². The maximum absolute atomic E-state index is 12.1. The van der Waals surface area contributed by atoms with Gasteiger partial charge >= 0.3 is 5.97 Å². The molecule has 0 bridgehead atoms. The molecule has 0 aliphatic rings. The number of carbonyl (C=O) groups is 1. The lowest BCUT2D eigenvalue weighted by molar-refractivity contribution is 0.0468. The normalized spacial score (nSPS) is 10.2. The molecule has 0 spiro atoms. The van der Waals surface area contributed by atoms with Crippen LogP contribution in [0.5, 0.6) is 5.75 Å². The fraction of sp³-hybridized carbons (Fsp3) is 0.188. The van der Waals surface area contributed by atoms with Crippen molar-refractivity contribution in [1.29, 1.82) is 0 Å². The van der Waals surface area contributed by atoms with Gasteiger partial charge in [-0.15, -0.1) is 0 Å². The van der Waals surface area contributed by atoms with Crippen molar-refractivity contribution >= 4 is 29.2 Å². The average molecular weight is 325 g/mol. The third-order valence-corrected chi connectivity index (χ3v) is 3.52. The molecule has 2 aromatic carbocycles. The van der Waals surface area contributed by atoms with E-state index >= 15 is 0 Å². The van der Waals surface area contributed by atoms with Gasteiger partial charge in [-0.2, -0.15) is 0 Å². The number of benzene rings is 2. The lowest BCUT2D eigenvalue weighted by Crippen LogP contribution is -2.08. The molecule has 0 aromatic heterocycles. The van der Waals surface area contributed by atoms with Crippen LogP contribution in [0.4, 0.5) is 0 Å². The number of hydrogen-bond acceptors (Lipinski definition) is 3. The van der Waals surface area contributed by atoms with Gasteiger partial charge in [0.1, 0.15) is 17.9 Å². The highest BCUT2D eigenvalue weighted by Gasteiger charge is 2.15. The van der Waals surface area contributed by atoms with Crippen molar-refractivity contribution in [3.63, 3.8) is 0 Å². The highest BCUT2D eigenvalue weighted by Crippen LogP contribution is 2.26. The lowest BCUT2D eigenvalue weighted by Gasteiger charge is -2.11. The predicted octanol–water partition coefficient (Wildman–Crippen LogP) is 4.75. The van der Waals surface area contributed by atoms with Gasteiger partial charge in [-0.1, -0.05) is 41.4 Å². The first-order valence-corrected chi connectivity index (χ1v) is 7.21. The summed E-state index contributed by atoms with van der Waals surface area (Å²) in [5.41, 5.74) is 0.964. The summed E-state index contributed by atoms with van der Waals surface area (Å²) in [6, 6.07) is 12.1. The molecule has 0 amide bonds. The van der Waals surface area contributed by atoms with E-state index in [1.54, 1.807) is 42.5 Å². The minimum atomic E-state index is -0.477. The van der Waals surface area contributed by atoms with E-state index in [1.165, 1.54) is 0 Å². The maximum atomic E-state index is 12.1. The number of halogens is 2. The van der Waals surface area contributed by atoms with Crippen LogP contribution in [0.1, 0.15) is 22.8 Å². The van der Waals surface area contributed by atoms with Gasteiger partial charge in [0.25, 0.3) is 0 Å². The first-order chi connectivity index (χ1) is 10.1. The predicted molar refractivity (Wildman–Crippen MR) is 83.2 cm³/mol. The van der Waals surface area contributed by atoms with Crippen LogP contribution in [0.15, 0.2) is 42.5 Å². The number of rotatable bonds is 5. The zero-order valence-electron chi connectivity index (χ0n) is 11.4. The van der Waals surface area contributed by atoms with E-state index in [-0.39, 0.29) is 6.61 Å². The second-order valence-corrected chi connectivity index (χ2v) is 5.02. The van der Waals surface area contributed by atoms with Gasteiger partial charge in [-0.3, -0.25) is 0 Å². The zero-order valence-corrected chi connectivity index (χ0v) is 12.9. The van der Waals surface area contributed by atoms with Crippen molar-refractivity contribution in [3.05, 3.63) is 63.6 Å². The highest BCUT2D eigenvalue weighted by atomic mass is 35.5. The average Bonchev–Trinajstić information content (AvgIpc) is 2.47. The third-order valence-electron chi connectivity index (χ3n) is 2.82. The number of carbonyl (C=O) groups excluding carboxylic acids is 1. The SMILES string of the molecule is CCOc1ccccc1C(=O)OCc1c(Cl)cccc1Cl. The Morgan fingerprint density at radius 2 is 1.71 bits per heavy atom. The van der Waals surface area contributed by atoms with Crippen LogP contribution in [0.2, 0.25) is 10.0 Å². The van der Waals surface area contributed by atoms with E-state index in [4.69, 9.17) is 32.7 Å². The molecule has 0 fully saturated rings. The Morgan fingerprint density at radius 3 is 2.38 bits per heavy atom. The Bertz CT molecular complexity index is 621. The van der Waals surface area contributed by atoms with Gasteiger partial charge in [0.2, 0.25) is 0 Å². The van der Waals surface area contributed by atoms with Crippen LogP contribution in [0, 0.1) is 0 Å². The summed E-state index contributed by atoms with van der Waals surface area (Å²) >= 11 is 12.1. The summed E-state index contributed by atoms with van der Waals surface area (Å²) in [5.74, 6) is 0.0188. The first kappa shape index (κ1) is 15.7. The minimum absolute atomic E-state index is 0.0117. The Morgan fingerprint density at radius 1 is 1.05 bits per heavy atom. The van der Waals surface area contributed by atoms with Gasteiger partial charge in [-0.25, -0.2) is 4.79 Å². The molecular weight excluding hydrogens is 311 g/mol. The Labute approximate surface area is 133 Å². The van der Waals surface area contributed by atoms with Crippen molar-refractivity contribution in [2.24, 2.45) is 0 Å². The molecule has 5 heteroatoms. The van der Waals surface area contributed by atoms with Crippen molar-refractivity contribution in [2.45, 2.75) is 13.5 Å². The quantitative estimate of drug-likeness (QED) is 0.744. The van der Waals surface area contributed by atoms with E-state index in [1.807, 2.05) is 6.92 Å².